The highest BCUT2D eigenvalue weighted by atomic mass is 32.1. The van der Waals surface area contributed by atoms with Crippen LogP contribution < -0.4 is 5.56 Å². The van der Waals surface area contributed by atoms with Gasteiger partial charge in [0.1, 0.15) is 0 Å². The Morgan fingerprint density at radius 2 is 2.14 bits per heavy atom. The molecular formula is C12H8N6O3S. The van der Waals surface area contributed by atoms with Gasteiger partial charge in [-0.25, -0.2) is 4.98 Å². The van der Waals surface area contributed by atoms with Crippen LogP contribution in [0.1, 0.15) is 0 Å². The Morgan fingerprint density at radius 3 is 2.86 bits per heavy atom. The number of hydrogen-bond acceptors (Lipinski definition) is 7. The van der Waals surface area contributed by atoms with Crippen molar-refractivity contribution in [3.8, 4) is 11.3 Å². The van der Waals surface area contributed by atoms with Gasteiger partial charge in [-0.2, -0.15) is 0 Å². The lowest BCUT2D eigenvalue weighted by molar-refractivity contribution is -0.384. The molecule has 110 valence electrons. The van der Waals surface area contributed by atoms with Crippen LogP contribution in [0.15, 0.2) is 50.9 Å². The largest absolute Gasteiger partial charge is 0.295 e. The van der Waals surface area contributed by atoms with E-state index in [4.69, 9.17) is 0 Å². The Labute approximate surface area is 126 Å². The second-order valence-corrected chi connectivity index (χ2v) is 5.00. The first kappa shape index (κ1) is 13.8. The fourth-order valence-corrected chi connectivity index (χ4v) is 2.24. The van der Waals surface area contributed by atoms with E-state index in [-0.39, 0.29) is 11.4 Å². The van der Waals surface area contributed by atoms with Crippen LogP contribution in [0, 0.1) is 10.1 Å². The van der Waals surface area contributed by atoms with Gasteiger partial charge in [-0.05, 0) is 0 Å². The normalized spacial score (nSPS) is 11.1. The number of H-pyrrole nitrogens is 2. The maximum absolute atomic E-state index is 11.8. The number of non-ortho nitro benzene ring substituents is 1. The van der Waals surface area contributed by atoms with Crippen LogP contribution in [0.3, 0.4) is 0 Å². The summed E-state index contributed by atoms with van der Waals surface area (Å²) in [6.45, 7) is 0. The summed E-state index contributed by atoms with van der Waals surface area (Å²) in [7, 11) is 0. The summed E-state index contributed by atoms with van der Waals surface area (Å²) < 4.78 is 0. The predicted octanol–water partition coefficient (Wildman–Crippen LogP) is 3.15. The van der Waals surface area contributed by atoms with Crippen molar-refractivity contribution in [2.24, 2.45) is 10.2 Å². The third-order valence-electron chi connectivity index (χ3n) is 2.75. The minimum atomic E-state index is -0.509. The van der Waals surface area contributed by atoms with E-state index >= 15 is 0 Å². The van der Waals surface area contributed by atoms with Crippen molar-refractivity contribution in [2.45, 2.75) is 0 Å². The summed E-state index contributed by atoms with van der Waals surface area (Å²) in [5.41, 5.74) is 0.273. The lowest BCUT2D eigenvalue weighted by atomic mass is 10.1. The van der Waals surface area contributed by atoms with E-state index in [1.54, 1.807) is 17.6 Å². The summed E-state index contributed by atoms with van der Waals surface area (Å²) in [5, 5.41) is 25.8. The molecule has 0 amide bonds. The maximum Gasteiger partial charge on any atom is 0.292 e. The van der Waals surface area contributed by atoms with Gasteiger partial charge in [-0.15, -0.1) is 21.6 Å². The number of nitro benzene ring substituents is 1. The molecule has 10 heteroatoms. The number of azo groups is 1. The van der Waals surface area contributed by atoms with Crippen molar-refractivity contribution < 1.29 is 4.92 Å². The van der Waals surface area contributed by atoms with Gasteiger partial charge in [0.2, 0.25) is 5.13 Å². The van der Waals surface area contributed by atoms with Crippen LogP contribution in [-0.2, 0) is 0 Å². The molecular weight excluding hydrogens is 308 g/mol. The monoisotopic (exact) mass is 316 g/mol. The van der Waals surface area contributed by atoms with Gasteiger partial charge in [-0.3, -0.25) is 25.1 Å². The first-order chi connectivity index (χ1) is 10.6. The molecule has 0 bridgehead atoms. The molecule has 0 aliphatic heterocycles. The fourth-order valence-electron chi connectivity index (χ4n) is 1.79. The molecule has 0 atom stereocenters. The number of aromatic nitrogens is 3. The van der Waals surface area contributed by atoms with Crippen molar-refractivity contribution in [2.75, 3.05) is 0 Å². The molecule has 9 nitrogen and oxygen atoms in total. The molecule has 0 aliphatic rings. The number of benzene rings is 1. The third-order valence-corrected chi connectivity index (χ3v) is 3.41. The second-order valence-electron chi connectivity index (χ2n) is 4.12. The van der Waals surface area contributed by atoms with Gasteiger partial charge in [0, 0.05) is 29.3 Å². The van der Waals surface area contributed by atoms with E-state index in [1.807, 2.05) is 0 Å². The van der Waals surface area contributed by atoms with Crippen LogP contribution in [0.2, 0.25) is 0 Å². The minimum absolute atomic E-state index is 0.0377. The molecule has 2 N–H and O–H groups in total. The van der Waals surface area contributed by atoms with E-state index in [0.717, 1.165) is 0 Å². The third kappa shape index (κ3) is 2.67. The van der Waals surface area contributed by atoms with Crippen LogP contribution in [0.4, 0.5) is 16.5 Å². The summed E-state index contributed by atoms with van der Waals surface area (Å²) in [5.74, 6) is 0. The molecule has 22 heavy (non-hydrogen) atoms. The highest BCUT2D eigenvalue weighted by Crippen LogP contribution is 2.29. The van der Waals surface area contributed by atoms with Crippen LogP contribution >= 0.6 is 11.3 Å². The average molecular weight is 316 g/mol. The molecule has 0 fully saturated rings. The first-order valence-corrected chi connectivity index (χ1v) is 6.90. The Morgan fingerprint density at radius 1 is 1.27 bits per heavy atom. The van der Waals surface area contributed by atoms with E-state index in [9.17, 15) is 14.9 Å². The molecule has 0 unspecified atom stereocenters. The Balaban J connectivity index is 2.04. The van der Waals surface area contributed by atoms with Gasteiger partial charge >= 0.3 is 0 Å². The molecule has 0 saturated heterocycles. The number of rotatable bonds is 4. The van der Waals surface area contributed by atoms with Crippen molar-refractivity contribution in [3.05, 3.63) is 56.3 Å². The van der Waals surface area contributed by atoms with Gasteiger partial charge in [-0.1, -0.05) is 12.1 Å². The molecule has 3 aromatic rings. The second kappa shape index (κ2) is 5.69. The lowest BCUT2D eigenvalue weighted by Crippen LogP contribution is -1.96. The molecule has 2 heterocycles. The summed E-state index contributed by atoms with van der Waals surface area (Å²) in [6.07, 6.45) is 1.57. The minimum Gasteiger partial charge on any atom is -0.295 e. The summed E-state index contributed by atoms with van der Waals surface area (Å²) in [4.78, 5) is 26.1. The van der Waals surface area contributed by atoms with E-state index < -0.39 is 10.5 Å². The van der Waals surface area contributed by atoms with Crippen LogP contribution in [0.25, 0.3) is 11.3 Å². The Kier molecular flexibility index (Phi) is 3.58. The van der Waals surface area contributed by atoms with Crippen LogP contribution in [0.5, 0.6) is 0 Å². The van der Waals surface area contributed by atoms with Crippen molar-refractivity contribution in [1.29, 1.82) is 0 Å². The van der Waals surface area contributed by atoms with Gasteiger partial charge < -0.3 is 0 Å². The summed E-state index contributed by atoms with van der Waals surface area (Å²) >= 11 is 1.28. The van der Waals surface area contributed by atoms with Gasteiger partial charge in [0.05, 0.1) is 10.6 Å². The molecule has 0 saturated carbocycles. The number of aromatic amines is 2. The molecule has 1 aromatic carbocycles. The molecule has 2 aromatic heterocycles. The topological polar surface area (TPSA) is 129 Å². The zero-order chi connectivity index (χ0) is 15.5. The molecule has 0 radical (unpaired) electrons. The number of hydrogen-bond donors (Lipinski definition) is 2. The Bertz CT molecular complexity index is 896. The lowest BCUT2D eigenvalue weighted by Gasteiger charge is -1.98. The average Bonchev–Trinajstić information content (AvgIpc) is 3.15. The number of nitrogens with one attached hydrogen (secondary N) is 2. The first-order valence-electron chi connectivity index (χ1n) is 6.02. The van der Waals surface area contributed by atoms with Gasteiger partial charge in [0.25, 0.3) is 11.2 Å². The van der Waals surface area contributed by atoms with E-state index in [0.29, 0.717) is 16.4 Å². The van der Waals surface area contributed by atoms with Crippen molar-refractivity contribution in [1.82, 2.24) is 15.2 Å². The molecule has 0 aliphatic carbocycles. The molecule has 0 spiro atoms. The SMILES string of the molecule is O=c1[nH][nH]c(-c2cccc([N+](=O)[O-])c2)c1N=Nc1nccs1. The molecule has 3 rings (SSSR count). The van der Waals surface area contributed by atoms with E-state index in [1.165, 1.54) is 29.5 Å². The van der Waals surface area contributed by atoms with Crippen LogP contribution in [-0.4, -0.2) is 20.1 Å². The predicted molar refractivity (Wildman–Crippen MR) is 79.8 cm³/mol. The van der Waals surface area contributed by atoms with E-state index in [2.05, 4.69) is 25.4 Å². The smallest absolute Gasteiger partial charge is 0.292 e. The quantitative estimate of drug-likeness (QED) is 0.435. The highest BCUT2D eigenvalue weighted by molar-refractivity contribution is 7.13. The fraction of sp³-hybridized carbons (Fsp3) is 0. The highest BCUT2D eigenvalue weighted by Gasteiger charge is 2.14. The van der Waals surface area contributed by atoms with Crippen molar-refractivity contribution >= 4 is 27.8 Å². The summed E-state index contributed by atoms with van der Waals surface area (Å²) in [6, 6.07) is 5.88. The number of nitrogens with zero attached hydrogens (tertiary/aromatic N) is 4. The number of thiazole rings is 1. The Hall–Kier alpha value is -3.14. The van der Waals surface area contributed by atoms with Crippen molar-refractivity contribution in [3.63, 3.8) is 0 Å². The standard InChI is InChI=1S/C12H8N6O3S/c19-11-10(15-17-12-13-4-5-22-12)9(14-16-11)7-2-1-3-8(6-7)18(20)21/h1-6H,(H2,14,16,19). The van der Waals surface area contributed by atoms with Gasteiger partial charge in [0.15, 0.2) is 5.69 Å². The zero-order valence-corrected chi connectivity index (χ0v) is 11.7. The number of nitro groups is 1. The zero-order valence-electron chi connectivity index (χ0n) is 10.9. The maximum atomic E-state index is 11.8.